The lowest BCUT2D eigenvalue weighted by Gasteiger charge is -2.28. The van der Waals surface area contributed by atoms with Gasteiger partial charge in [-0.15, -0.1) is 0 Å². The molecule has 2 nitrogen and oxygen atoms in total. The van der Waals surface area contributed by atoms with Crippen LogP contribution >= 0.6 is 11.8 Å². The molecule has 0 heterocycles. The van der Waals surface area contributed by atoms with E-state index in [-0.39, 0.29) is 12.2 Å². The summed E-state index contributed by atoms with van der Waals surface area (Å²) in [6.45, 7) is 6.11. The second-order valence-corrected chi connectivity index (χ2v) is 6.79. The number of hydrogen-bond donors (Lipinski definition) is 0. The molecule has 0 bridgehead atoms. The fourth-order valence-corrected chi connectivity index (χ4v) is 3.39. The Bertz CT molecular complexity index is 368. The lowest BCUT2D eigenvalue weighted by molar-refractivity contribution is -0.214. The Kier molecular flexibility index (Phi) is 7.10. The molecule has 1 aliphatic carbocycles. The third-order valence-electron chi connectivity index (χ3n) is 3.66. The van der Waals surface area contributed by atoms with E-state index in [4.69, 9.17) is 0 Å². The minimum atomic E-state index is -4.49. The normalized spacial score (nSPS) is 24.7. The van der Waals surface area contributed by atoms with Gasteiger partial charge < -0.3 is 4.74 Å². The average molecular weight is 324 g/mol. The van der Waals surface area contributed by atoms with Crippen LogP contribution in [0.3, 0.4) is 0 Å². The fourth-order valence-electron chi connectivity index (χ4n) is 2.83. The molecule has 0 aromatic rings. The van der Waals surface area contributed by atoms with Crippen LogP contribution in [0.1, 0.15) is 39.0 Å². The molecule has 21 heavy (non-hydrogen) atoms. The summed E-state index contributed by atoms with van der Waals surface area (Å²) in [5.74, 6) is -0.146. The largest absolute Gasteiger partial charge is 0.452 e. The Balaban J connectivity index is 2.40. The average Bonchev–Trinajstić information content (AvgIpc) is 2.33. The van der Waals surface area contributed by atoms with Gasteiger partial charge in [0.25, 0.3) is 0 Å². The quantitative estimate of drug-likeness (QED) is 0.528. The van der Waals surface area contributed by atoms with Crippen molar-refractivity contribution in [3.8, 4) is 0 Å². The highest BCUT2D eigenvalue weighted by atomic mass is 32.2. The number of carbonyl (C=O) groups excluding carboxylic acids is 1. The molecule has 0 amide bonds. The highest BCUT2D eigenvalue weighted by Crippen LogP contribution is 2.34. The van der Waals surface area contributed by atoms with Gasteiger partial charge in [-0.2, -0.15) is 24.9 Å². The van der Waals surface area contributed by atoms with E-state index in [1.807, 2.05) is 0 Å². The number of esters is 1. The third kappa shape index (κ3) is 6.76. The van der Waals surface area contributed by atoms with Gasteiger partial charge in [0.2, 0.25) is 6.10 Å². The van der Waals surface area contributed by atoms with E-state index in [1.165, 1.54) is 5.57 Å². The first-order valence-electron chi connectivity index (χ1n) is 7.14. The molecule has 0 radical (unpaired) electrons. The minimum Gasteiger partial charge on any atom is -0.452 e. The molecule has 0 spiro atoms. The molecule has 0 aromatic carbocycles. The summed E-state index contributed by atoms with van der Waals surface area (Å²) in [5, 5.41) is 0. The van der Waals surface area contributed by atoms with Crippen LogP contribution in [0.15, 0.2) is 12.2 Å². The minimum absolute atomic E-state index is 0.0472. The topological polar surface area (TPSA) is 26.3 Å². The standard InChI is InChI=1S/C15H23F3O2S/c1-10-6-11(2)8-12(7-10)4-5-14(19)20-13(9-21-3)15(16,17)18/h11-13H,1,4-9H2,2-3H3. The number of hydrogen-bond acceptors (Lipinski definition) is 3. The van der Waals surface area contributed by atoms with E-state index in [9.17, 15) is 18.0 Å². The van der Waals surface area contributed by atoms with Crippen LogP contribution in [-0.2, 0) is 9.53 Å². The number of alkyl halides is 3. The lowest BCUT2D eigenvalue weighted by Crippen LogP contribution is -2.36. The number of rotatable bonds is 6. The fraction of sp³-hybridized carbons (Fsp3) is 0.800. The molecule has 3 atom stereocenters. The lowest BCUT2D eigenvalue weighted by atomic mass is 9.78. The van der Waals surface area contributed by atoms with Crippen molar-refractivity contribution in [3.63, 3.8) is 0 Å². The van der Waals surface area contributed by atoms with Crippen molar-refractivity contribution < 1.29 is 22.7 Å². The summed E-state index contributed by atoms with van der Waals surface area (Å²) < 4.78 is 42.6. The summed E-state index contributed by atoms with van der Waals surface area (Å²) in [6.07, 6.45) is -1.44. The van der Waals surface area contributed by atoms with Crippen LogP contribution < -0.4 is 0 Å². The van der Waals surface area contributed by atoms with Gasteiger partial charge in [-0.3, -0.25) is 4.79 Å². The van der Waals surface area contributed by atoms with Gasteiger partial charge >= 0.3 is 12.1 Å². The number of allylic oxidation sites excluding steroid dienone is 1. The van der Waals surface area contributed by atoms with Crippen LogP contribution in [-0.4, -0.2) is 30.3 Å². The zero-order chi connectivity index (χ0) is 16.0. The molecule has 0 aromatic heterocycles. The molecule has 0 saturated heterocycles. The highest BCUT2D eigenvalue weighted by Gasteiger charge is 2.42. The Morgan fingerprint density at radius 3 is 2.67 bits per heavy atom. The van der Waals surface area contributed by atoms with E-state index in [2.05, 4.69) is 18.2 Å². The van der Waals surface area contributed by atoms with E-state index < -0.39 is 18.2 Å². The SMILES string of the molecule is C=C1CC(C)CC(CCC(=O)OC(CSC)C(F)(F)F)C1. The predicted octanol–water partition coefficient (Wildman–Crippen LogP) is 4.60. The van der Waals surface area contributed by atoms with Crippen molar-refractivity contribution >= 4 is 17.7 Å². The maximum absolute atomic E-state index is 12.7. The third-order valence-corrected chi connectivity index (χ3v) is 4.30. The molecule has 1 fully saturated rings. The van der Waals surface area contributed by atoms with E-state index in [0.717, 1.165) is 31.0 Å². The molecule has 0 N–H and O–H groups in total. The summed E-state index contributed by atoms with van der Waals surface area (Å²) in [7, 11) is 0. The van der Waals surface area contributed by atoms with Crippen LogP contribution in [0, 0.1) is 11.8 Å². The number of halogens is 3. The van der Waals surface area contributed by atoms with Crippen molar-refractivity contribution in [2.45, 2.75) is 51.3 Å². The maximum atomic E-state index is 12.7. The molecular weight excluding hydrogens is 301 g/mol. The first-order valence-corrected chi connectivity index (χ1v) is 8.53. The Hall–Kier alpha value is -0.650. The summed E-state index contributed by atoms with van der Waals surface area (Å²) in [4.78, 5) is 11.6. The molecule has 122 valence electrons. The number of ether oxygens (including phenoxy) is 1. The smallest absolute Gasteiger partial charge is 0.426 e. The van der Waals surface area contributed by atoms with Gasteiger partial charge in [-0.1, -0.05) is 19.1 Å². The second-order valence-electron chi connectivity index (χ2n) is 5.88. The van der Waals surface area contributed by atoms with Crippen molar-refractivity contribution in [1.29, 1.82) is 0 Å². The van der Waals surface area contributed by atoms with E-state index >= 15 is 0 Å². The number of carbonyl (C=O) groups is 1. The second kappa shape index (κ2) is 8.11. The van der Waals surface area contributed by atoms with Crippen LogP contribution in [0.25, 0.3) is 0 Å². The Morgan fingerprint density at radius 1 is 1.48 bits per heavy atom. The van der Waals surface area contributed by atoms with Gasteiger partial charge in [0.15, 0.2) is 0 Å². The molecule has 3 unspecified atom stereocenters. The molecule has 0 aliphatic heterocycles. The molecule has 1 aliphatic rings. The highest BCUT2D eigenvalue weighted by molar-refractivity contribution is 7.98. The van der Waals surface area contributed by atoms with Crippen LogP contribution in [0.5, 0.6) is 0 Å². The van der Waals surface area contributed by atoms with E-state index in [0.29, 0.717) is 18.3 Å². The molecular formula is C15H23F3O2S. The van der Waals surface area contributed by atoms with Crippen molar-refractivity contribution in [3.05, 3.63) is 12.2 Å². The van der Waals surface area contributed by atoms with Crippen molar-refractivity contribution in [2.24, 2.45) is 11.8 Å². The zero-order valence-corrected chi connectivity index (χ0v) is 13.4. The van der Waals surface area contributed by atoms with Gasteiger partial charge in [0, 0.05) is 12.2 Å². The van der Waals surface area contributed by atoms with Crippen LogP contribution in [0.2, 0.25) is 0 Å². The van der Waals surface area contributed by atoms with Crippen LogP contribution in [0.4, 0.5) is 13.2 Å². The summed E-state index contributed by atoms with van der Waals surface area (Å²) in [5.41, 5.74) is 1.17. The van der Waals surface area contributed by atoms with Crippen molar-refractivity contribution in [1.82, 2.24) is 0 Å². The maximum Gasteiger partial charge on any atom is 0.426 e. The Morgan fingerprint density at radius 2 is 2.14 bits per heavy atom. The molecule has 1 rings (SSSR count). The molecule has 1 saturated carbocycles. The van der Waals surface area contributed by atoms with E-state index in [1.54, 1.807) is 6.26 Å². The van der Waals surface area contributed by atoms with Gasteiger partial charge in [0.1, 0.15) is 0 Å². The number of thioether (sulfide) groups is 1. The zero-order valence-electron chi connectivity index (χ0n) is 12.5. The summed E-state index contributed by atoms with van der Waals surface area (Å²) in [6, 6.07) is 0. The van der Waals surface area contributed by atoms with Gasteiger partial charge in [-0.25, -0.2) is 0 Å². The van der Waals surface area contributed by atoms with Crippen molar-refractivity contribution in [2.75, 3.05) is 12.0 Å². The first kappa shape index (κ1) is 18.4. The van der Waals surface area contributed by atoms with Gasteiger partial charge in [0.05, 0.1) is 0 Å². The predicted molar refractivity (Wildman–Crippen MR) is 79.2 cm³/mol. The summed E-state index contributed by atoms with van der Waals surface area (Å²) >= 11 is 1.02. The first-order chi connectivity index (χ1) is 9.72. The molecule has 6 heteroatoms. The van der Waals surface area contributed by atoms with Gasteiger partial charge in [-0.05, 0) is 43.8 Å². The monoisotopic (exact) mass is 324 g/mol. The Labute approximate surface area is 128 Å².